The van der Waals surface area contributed by atoms with Crippen LogP contribution in [-0.4, -0.2) is 57.0 Å². The second-order valence-corrected chi connectivity index (χ2v) is 18.7. The van der Waals surface area contributed by atoms with Gasteiger partial charge in [0.2, 0.25) is 0 Å². The van der Waals surface area contributed by atoms with Crippen LogP contribution in [0.25, 0.3) is 0 Å². The molecule has 270 valence electrons. The van der Waals surface area contributed by atoms with Crippen molar-refractivity contribution in [2.45, 2.75) is 139 Å². The molecular formula is C43H63NO5. The molecule has 6 nitrogen and oxygen atoms in total. The third kappa shape index (κ3) is 5.63. The highest BCUT2D eigenvalue weighted by Crippen LogP contribution is 2.71. The second kappa shape index (κ2) is 13.1. The number of ether oxygens (including phenoxy) is 1. The van der Waals surface area contributed by atoms with E-state index < -0.39 is 16.7 Å². The van der Waals surface area contributed by atoms with E-state index in [0.717, 1.165) is 76.2 Å². The summed E-state index contributed by atoms with van der Waals surface area (Å²) in [6.45, 7) is 2.97. The van der Waals surface area contributed by atoms with Gasteiger partial charge in [-0.1, -0.05) is 30.7 Å². The zero-order chi connectivity index (χ0) is 34.0. The minimum Gasteiger partial charge on any atom is -0.508 e. The molecule has 2 spiro atoms. The molecule has 7 fully saturated rings. The van der Waals surface area contributed by atoms with E-state index in [0.29, 0.717) is 53.1 Å². The summed E-state index contributed by atoms with van der Waals surface area (Å²) < 4.78 is 8.12. The zero-order valence-electron chi connectivity index (χ0n) is 30.1. The van der Waals surface area contributed by atoms with E-state index >= 15 is 0 Å². The molecule has 6 heteroatoms. The Morgan fingerprint density at radius 3 is 2.45 bits per heavy atom. The number of nitrogens with two attached hydrogens (primary N) is 1. The van der Waals surface area contributed by atoms with Crippen LogP contribution in [0.4, 0.5) is 0 Å². The van der Waals surface area contributed by atoms with Crippen molar-refractivity contribution < 1.29 is 25.2 Å². The highest BCUT2D eigenvalue weighted by Gasteiger charge is 2.76. The summed E-state index contributed by atoms with van der Waals surface area (Å²) in [6.07, 6.45) is 19.5. The van der Waals surface area contributed by atoms with Crippen LogP contribution in [0.1, 0.15) is 121 Å². The highest BCUT2D eigenvalue weighted by molar-refractivity contribution is 5.40. The fraction of sp³-hybridized carbons (Fsp3) is 0.814. The van der Waals surface area contributed by atoms with Crippen LogP contribution in [0.3, 0.4) is 0 Å². The maximum Gasteiger partial charge on any atom is 0.115 e. The number of phenolic OH excluding ortho intramolecular Hbond substituents is 1. The fourth-order valence-electron chi connectivity index (χ4n) is 14.4. The summed E-state index contributed by atoms with van der Waals surface area (Å²) in [5, 5.41) is 41.5. The number of aromatic hydroxyl groups is 1. The average molecular weight is 674 g/mol. The van der Waals surface area contributed by atoms with E-state index in [9.17, 15) is 20.4 Å². The van der Waals surface area contributed by atoms with Crippen molar-refractivity contribution in [3.8, 4) is 17.6 Å². The molecule has 0 radical (unpaired) electrons. The Kier molecular flexibility index (Phi) is 9.22. The van der Waals surface area contributed by atoms with Gasteiger partial charge in [-0.3, -0.25) is 0 Å². The SMILES string of the molecule is CC1(C2CC(CCO)CC(CCCO)C2)OC23CC4CCC(CO)C(N)(C41)C2C#CCc1cc(O)ccc1CC1CC3CC2(CCCC2)C1. The summed E-state index contributed by atoms with van der Waals surface area (Å²) in [6, 6.07) is 5.95. The normalized spacial score (nSPS) is 45.1. The predicted molar refractivity (Wildman–Crippen MR) is 191 cm³/mol. The highest BCUT2D eigenvalue weighted by atomic mass is 16.5. The predicted octanol–water partition coefficient (Wildman–Crippen LogP) is 6.54. The smallest absolute Gasteiger partial charge is 0.115 e. The van der Waals surface area contributed by atoms with Crippen molar-refractivity contribution in [1.29, 1.82) is 0 Å². The van der Waals surface area contributed by atoms with Gasteiger partial charge < -0.3 is 30.9 Å². The lowest BCUT2D eigenvalue weighted by molar-refractivity contribution is -0.363. The summed E-state index contributed by atoms with van der Waals surface area (Å²) in [5.41, 5.74) is 9.40. The van der Waals surface area contributed by atoms with Crippen molar-refractivity contribution in [3.63, 3.8) is 0 Å². The van der Waals surface area contributed by atoms with Crippen molar-refractivity contribution in [2.24, 2.45) is 64.4 Å². The fourth-order valence-corrected chi connectivity index (χ4v) is 14.4. The van der Waals surface area contributed by atoms with Crippen LogP contribution in [0.5, 0.6) is 5.75 Å². The summed E-state index contributed by atoms with van der Waals surface area (Å²) in [4.78, 5) is 0. The van der Waals surface area contributed by atoms with Crippen molar-refractivity contribution in [2.75, 3.05) is 19.8 Å². The van der Waals surface area contributed by atoms with E-state index in [-0.39, 0.29) is 37.6 Å². The third-order valence-corrected chi connectivity index (χ3v) is 16.0. The first kappa shape index (κ1) is 34.5. The average Bonchev–Trinajstić information content (AvgIpc) is 3.52. The van der Waals surface area contributed by atoms with Crippen LogP contribution in [0, 0.1) is 70.5 Å². The number of hydrogen-bond donors (Lipinski definition) is 5. The molecule has 5 saturated carbocycles. The van der Waals surface area contributed by atoms with Gasteiger partial charge in [-0.05, 0) is 167 Å². The lowest BCUT2D eigenvalue weighted by Crippen LogP contribution is -2.84. The second-order valence-electron chi connectivity index (χ2n) is 18.7. The number of fused-ring (bicyclic) bond motifs is 4. The molecule has 49 heavy (non-hydrogen) atoms. The van der Waals surface area contributed by atoms with Gasteiger partial charge >= 0.3 is 0 Å². The summed E-state index contributed by atoms with van der Waals surface area (Å²) in [7, 11) is 0. The van der Waals surface area contributed by atoms with Crippen LogP contribution < -0.4 is 5.73 Å². The van der Waals surface area contributed by atoms with Gasteiger partial charge in [0.15, 0.2) is 0 Å². The molecule has 1 aromatic carbocycles. The van der Waals surface area contributed by atoms with Gasteiger partial charge in [0.05, 0.1) is 17.1 Å². The van der Waals surface area contributed by atoms with E-state index in [1.54, 1.807) is 0 Å². The topological polar surface area (TPSA) is 116 Å². The molecule has 8 aliphatic rings. The third-order valence-electron chi connectivity index (χ3n) is 16.0. The summed E-state index contributed by atoms with van der Waals surface area (Å²) >= 11 is 0. The number of hydrogen-bond acceptors (Lipinski definition) is 6. The molecular weight excluding hydrogens is 610 g/mol. The van der Waals surface area contributed by atoms with Crippen molar-refractivity contribution in [1.82, 2.24) is 0 Å². The largest absolute Gasteiger partial charge is 0.508 e. The van der Waals surface area contributed by atoms with E-state index in [1.807, 2.05) is 12.1 Å². The summed E-state index contributed by atoms with van der Waals surface area (Å²) in [5.74, 6) is 10.5. The van der Waals surface area contributed by atoms with Crippen LogP contribution in [0.2, 0.25) is 0 Å². The number of aliphatic hydroxyl groups excluding tert-OH is 3. The molecule has 2 heterocycles. The molecule has 12 atom stereocenters. The number of phenols is 1. The first-order chi connectivity index (χ1) is 23.7. The first-order valence-corrected chi connectivity index (χ1v) is 20.3. The standard InChI is InChI=1S/C43H63NO5/c1-40(35-20-28(6-5-16-45)18-29(21-35)13-17-46)39-33-9-11-34(27-47)43(39,44)38-8-4-7-31-23-37(48)12-10-32(31)19-30-22-36(42(38,25-33)49-40)26-41(24-30)14-2-3-15-41/h10,12,23,28-30,33-36,38-39,45-48H,2-3,5-7,9,11,13-22,24-27,44H2,1H3. The zero-order valence-corrected chi connectivity index (χ0v) is 30.1. The molecule has 1 aromatic rings. The maximum atomic E-state index is 11.1. The Morgan fingerprint density at radius 1 is 0.898 bits per heavy atom. The maximum absolute atomic E-state index is 11.1. The Hall–Kier alpha value is -1.62. The van der Waals surface area contributed by atoms with Gasteiger partial charge in [0.25, 0.3) is 0 Å². The molecule has 0 amide bonds. The number of benzene rings is 1. The van der Waals surface area contributed by atoms with Gasteiger partial charge in [0.1, 0.15) is 5.75 Å². The van der Waals surface area contributed by atoms with Gasteiger partial charge in [0, 0.05) is 43.6 Å². The minimum atomic E-state index is -0.647. The Morgan fingerprint density at radius 2 is 1.69 bits per heavy atom. The molecule has 12 unspecified atom stereocenters. The van der Waals surface area contributed by atoms with Crippen LogP contribution in [0.15, 0.2) is 18.2 Å². The van der Waals surface area contributed by atoms with E-state index in [2.05, 4.69) is 24.8 Å². The monoisotopic (exact) mass is 673 g/mol. The lowest BCUT2D eigenvalue weighted by atomic mass is 9.38. The first-order valence-electron chi connectivity index (χ1n) is 20.3. The van der Waals surface area contributed by atoms with Crippen molar-refractivity contribution >= 4 is 0 Å². The van der Waals surface area contributed by atoms with E-state index in [4.69, 9.17) is 10.5 Å². The van der Waals surface area contributed by atoms with Crippen LogP contribution in [-0.2, 0) is 17.6 Å². The van der Waals surface area contributed by atoms with Crippen molar-refractivity contribution in [3.05, 3.63) is 29.3 Å². The number of aliphatic hydroxyl groups is 3. The minimum absolute atomic E-state index is 0.0146. The molecule has 6 aliphatic carbocycles. The molecule has 6 N–H and O–H groups in total. The van der Waals surface area contributed by atoms with E-state index in [1.165, 1.54) is 44.1 Å². The van der Waals surface area contributed by atoms with Gasteiger partial charge in [-0.2, -0.15) is 0 Å². The molecule has 2 aliphatic heterocycles. The van der Waals surface area contributed by atoms with Crippen LogP contribution >= 0.6 is 0 Å². The lowest BCUT2D eigenvalue weighted by Gasteiger charge is -2.75. The molecule has 6 bridgehead atoms. The van der Waals surface area contributed by atoms with Gasteiger partial charge in [-0.15, -0.1) is 0 Å². The van der Waals surface area contributed by atoms with Gasteiger partial charge in [-0.25, -0.2) is 0 Å². The Balaban J connectivity index is 1.28. The number of rotatable bonds is 7. The quantitative estimate of drug-likeness (QED) is 0.210. The molecule has 0 aromatic heterocycles. The Labute approximate surface area is 295 Å². The Bertz CT molecular complexity index is 1430. The molecule has 2 saturated heterocycles. The molecule has 9 rings (SSSR count).